The highest BCUT2D eigenvalue weighted by atomic mass is 19.1. The van der Waals surface area contributed by atoms with Gasteiger partial charge in [-0.25, -0.2) is 4.39 Å². The molecule has 0 unspecified atom stereocenters. The van der Waals surface area contributed by atoms with E-state index < -0.39 is 12.2 Å². The second-order valence-corrected chi connectivity index (χ2v) is 7.59. The van der Waals surface area contributed by atoms with Crippen molar-refractivity contribution in [1.82, 2.24) is 14.9 Å². The molecule has 1 saturated heterocycles. The van der Waals surface area contributed by atoms with Crippen molar-refractivity contribution in [1.29, 1.82) is 0 Å². The molecule has 7 nitrogen and oxygen atoms in total. The first-order chi connectivity index (χ1) is 15.2. The zero-order chi connectivity index (χ0) is 21.2. The number of amides is 1. The average molecular weight is 420 g/mol. The van der Waals surface area contributed by atoms with Gasteiger partial charge in [0.2, 0.25) is 12.7 Å². The fourth-order valence-corrected chi connectivity index (χ4v) is 4.03. The van der Waals surface area contributed by atoms with Crippen molar-refractivity contribution in [2.45, 2.75) is 25.2 Å². The molecule has 0 saturated carbocycles. The van der Waals surface area contributed by atoms with Gasteiger partial charge in [-0.3, -0.25) is 19.7 Å². The first-order valence-corrected chi connectivity index (χ1v) is 10.1. The van der Waals surface area contributed by atoms with Crippen molar-refractivity contribution in [3.05, 3.63) is 66.6 Å². The summed E-state index contributed by atoms with van der Waals surface area (Å²) in [5, 5.41) is 2.91. The third-order valence-electron chi connectivity index (χ3n) is 5.52. The quantitative estimate of drug-likeness (QED) is 0.682. The summed E-state index contributed by atoms with van der Waals surface area (Å²) in [4.78, 5) is 23.1. The van der Waals surface area contributed by atoms with Crippen LogP contribution in [0.3, 0.4) is 0 Å². The van der Waals surface area contributed by atoms with Crippen LogP contribution in [0.1, 0.15) is 12.0 Å². The number of alkyl halides is 1. The predicted octanol–water partition coefficient (Wildman–Crippen LogP) is 3.42. The topological polar surface area (TPSA) is 76.6 Å². The van der Waals surface area contributed by atoms with E-state index in [1.54, 1.807) is 18.6 Å². The molecule has 0 aliphatic carbocycles. The number of hydrogen-bond donors (Lipinski definition) is 1. The SMILES string of the molecule is O=C(Nc1ccc(-c2cnccn2)cc1)[C@H]1C[C@H](F)CN1Cc1cccc2c1OCO2. The van der Waals surface area contributed by atoms with Crippen LogP contribution in [-0.2, 0) is 11.3 Å². The lowest BCUT2D eigenvalue weighted by molar-refractivity contribution is -0.120. The predicted molar refractivity (Wildman–Crippen MR) is 112 cm³/mol. The lowest BCUT2D eigenvalue weighted by Gasteiger charge is -2.23. The van der Waals surface area contributed by atoms with E-state index in [1.165, 1.54) is 0 Å². The van der Waals surface area contributed by atoms with Crippen molar-refractivity contribution >= 4 is 11.6 Å². The van der Waals surface area contributed by atoms with Gasteiger partial charge in [-0.1, -0.05) is 24.3 Å². The van der Waals surface area contributed by atoms with Gasteiger partial charge in [0.15, 0.2) is 11.5 Å². The van der Waals surface area contributed by atoms with E-state index in [2.05, 4.69) is 15.3 Å². The normalized spacial score (nSPS) is 20.0. The number of likely N-dealkylation sites (tertiary alicyclic amines) is 1. The molecular weight excluding hydrogens is 399 g/mol. The van der Waals surface area contributed by atoms with Crippen LogP contribution in [0.5, 0.6) is 11.5 Å². The highest BCUT2D eigenvalue weighted by molar-refractivity contribution is 5.95. The maximum Gasteiger partial charge on any atom is 0.241 e. The molecule has 0 bridgehead atoms. The molecule has 158 valence electrons. The number of nitrogens with zero attached hydrogens (tertiary/aromatic N) is 3. The summed E-state index contributed by atoms with van der Waals surface area (Å²) in [6, 6.07) is 12.4. The van der Waals surface area contributed by atoms with Gasteiger partial charge >= 0.3 is 0 Å². The molecule has 2 aromatic carbocycles. The minimum atomic E-state index is -1.05. The van der Waals surface area contributed by atoms with Crippen LogP contribution in [0, 0.1) is 0 Å². The summed E-state index contributed by atoms with van der Waals surface area (Å²) in [6.07, 6.45) is 4.04. The van der Waals surface area contributed by atoms with Crippen LogP contribution < -0.4 is 14.8 Å². The van der Waals surface area contributed by atoms with Gasteiger partial charge in [-0.2, -0.15) is 0 Å². The Morgan fingerprint density at radius 3 is 2.84 bits per heavy atom. The Morgan fingerprint density at radius 2 is 2.03 bits per heavy atom. The third kappa shape index (κ3) is 4.06. The van der Waals surface area contributed by atoms with Crippen molar-refractivity contribution < 1.29 is 18.7 Å². The number of carbonyl (C=O) groups is 1. The van der Waals surface area contributed by atoms with E-state index in [9.17, 15) is 9.18 Å². The van der Waals surface area contributed by atoms with E-state index in [4.69, 9.17) is 9.47 Å². The highest BCUT2D eigenvalue weighted by Crippen LogP contribution is 2.37. The van der Waals surface area contributed by atoms with Gasteiger partial charge < -0.3 is 14.8 Å². The number of aromatic nitrogens is 2. The van der Waals surface area contributed by atoms with Crippen molar-refractivity contribution in [3.63, 3.8) is 0 Å². The Balaban J connectivity index is 1.28. The number of nitrogens with one attached hydrogen (secondary N) is 1. The van der Waals surface area contributed by atoms with E-state index >= 15 is 0 Å². The zero-order valence-electron chi connectivity index (χ0n) is 16.7. The summed E-state index contributed by atoms with van der Waals surface area (Å²) < 4.78 is 25.2. The minimum absolute atomic E-state index is 0.163. The second kappa shape index (κ2) is 8.31. The Kier molecular flexibility index (Phi) is 5.21. The van der Waals surface area contributed by atoms with Crippen LogP contribution in [0.25, 0.3) is 11.3 Å². The van der Waals surface area contributed by atoms with Gasteiger partial charge in [-0.05, 0) is 18.2 Å². The molecule has 1 aromatic heterocycles. The van der Waals surface area contributed by atoms with E-state index in [0.717, 1.165) is 16.8 Å². The van der Waals surface area contributed by atoms with Crippen molar-refractivity contribution in [2.75, 3.05) is 18.7 Å². The number of rotatable bonds is 5. The van der Waals surface area contributed by atoms with Gasteiger partial charge in [0.05, 0.1) is 17.9 Å². The van der Waals surface area contributed by atoms with Crippen LogP contribution in [0.15, 0.2) is 61.1 Å². The number of fused-ring (bicyclic) bond motifs is 1. The molecule has 2 aliphatic rings. The monoisotopic (exact) mass is 420 g/mol. The van der Waals surface area contributed by atoms with E-state index in [-0.39, 0.29) is 25.7 Å². The molecule has 8 heteroatoms. The number of ether oxygens (including phenoxy) is 2. The number of para-hydroxylation sites is 1. The summed E-state index contributed by atoms with van der Waals surface area (Å²) in [7, 11) is 0. The smallest absolute Gasteiger partial charge is 0.241 e. The molecule has 3 heterocycles. The van der Waals surface area contributed by atoms with Gasteiger partial charge in [0, 0.05) is 48.7 Å². The molecule has 1 fully saturated rings. The molecule has 1 amide bonds. The summed E-state index contributed by atoms with van der Waals surface area (Å²) in [5.74, 6) is 1.12. The van der Waals surface area contributed by atoms with E-state index in [1.807, 2.05) is 47.4 Å². The first-order valence-electron chi connectivity index (χ1n) is 10.1. The standard InChI is InChI=1S/C23H21FN4O3/c24-17-10-20(28(13-17)12-16-2-1-3-21-22(16)31-14-30-21)23(29)27-18-6-4-15(5-7-18)19-11-25-8-9-26-19/h1-9,11,17,20H,10,12-14H2,(H,27,29)/t17-,20+/m0/s1. The Labute approximate surface area is 178 Å². The number of benzene rings is 2. The van der Waals surface area contributed by atoms with Gasteiger partial charge in [0.1, 0.15) is 6.17 Å². The molecule has 1 N–H and O–H groups in total. The first kappa shape index (κ1) is 19.4. The number of halogens is 1. The molecule has 2 atom stereocenters. The summed E-state index contributed by atoms with van der Waals surface area (Å²) >= 11 is 0. The lowest BCUT2D eigenvalue weighted by atomic mass is 10.1. The van der Waals surface area contributed by atoms with E-state index in [0.29, 0.717) is 23.7 Å². The van der Waals surface area contributed by atoms with Gasteiger partial charge in [-0.15, -0.1) is 0 Å². The van der Waals surface area contributed by atoms with Crippen LogP contribution in [-0.4, -0.2) is 46.3 Å². The number of carbonyl (C=O) groups excluding carboxylic acids is 1. The second-order valence-electron chi connectivity index (χ2n) is 7.59. The third-order valence-corrected chi connectivity index (χ3v) is 5.52. The largest absolute Gasteiger partial charge is 0.454 e. The fourth-order valence-electron chi connectivity index (χ4n) is 4.03. The molecule has 0 spiro atoms. The van der Waals surface area contributed by atoms with Crippen LogP contribution >= 0.6 is 0 Å². The Hall–Kier alpha value is -3.52. The van der Waals surface area contributed by atoms with Gasteiger partial charge in [0.25, 0.3) is 0 Å². The molecular formula is C23H21FN4O3. The maximum absolute atomic E-state index is 14.2. The van der Waals surface area contributed by atoms with Crippen LogP contribution in [0.2, 0.25) is 0 Å². The molecule has 31 heavy (non-hydrogen) atoms. The molecule has 3 aromatic rings. The number of hydrogen-bond acceptors (Lipinski definition) is 6. The number of anilines is 1. The molecule has 0 radical (unpaired) electrons. The maximum atomic E-state index is 14.2. The van der Waals surface area contributed by atoms with Crippen molar-refractivity contribution in [2.24, 2.45) is 0 Å². The fraction of sp³-hybridized carbons (Fsp3) is 0.261. The summed E-state index contributed by atoms with van der Waals surface area (Å²) in [6.45, 7) is 0.789. The highest BCUT2D eigenvalue weighted by Gasteiger charge is 2.37. The average Bonchev–Trinajstić information content (AvgIpc) is 3.42. The molecule has 5 rings (SSSR count). The Bertz CT molecular complexity index is 1080. The molecule has 2 aliphatic heterocycles. The summed E-state index contributed by atoms with van der Waals surface area (Å²) in [5.41, 5.74) is 3.19. The Morgan fingerprint density at radius 1 is 1.16 bits per heavy atom. The van der Waals surface area contributed by atoms with Crippen molar-refractivity contribution in [3.8, 4) is 22.8 Å². The zero-order valence-corrected chi connectivity index (χ0v) is 16.7. The lowest BCUT2D eigenvalue weighted by Crippen LogP contribution is -2.39. The van der Waals surface area contributed by atoms with Crippen LogP contribution in [0.4, 0.5) is 10.1 Å². The minimum Gasteiger partial charge on any atom is -0.454 e.